The summed E-state index contributed by atoms with van der Waals surface area (Å²) >= 11 is 0. The van der Waals surface area contributed by atoms with Gasteiger partial charge in [-0.25, -0.2) is 9.37 Å². The third-order valence-electron chi connectivity index (χ3n) is 7.77. The largest absolute Gasteiger partial charge is 0.489 e. The minimum atomic E-state index is -0.912. The summed E-state index contributed by atoms with van der Waals surface area (Å²) in [6, 6.07) is 14.3. The fourth-order valence-electron chi connectivity index (χ4n) is 5.52. The second kappa shape index (κ2) is 10.4. The number of fused-ring (bicyclic) bond motifs is 6. The van der Waals surface area contributed by atoms with Crippen LogP contribution in [0.25, 0.3) is 28.0 Å². The maximum atomic E-state index is 14.2. The van der Waals surface area contributed by atoms with Gasteiger partial charge in [-0.05, 0) is 56.5 Å². The molecule has 0 amide bonds. The summed E-state index contributed by atoms with van der Waals surface area (Å²) in [5.41, 5.74) is 4.87. The average molecular weight is 543 g/mol. The lowest BCUT2D eigenvalue weighted by molar-refractivity contribution is -0.136. The summed E-state index contributed by atoms with van der Waals surface area (Å²) in [5, 5.41) is 14.7. The second-order valence-corrected chi connectivity index (χ2v) is 10.6. The van der Waals surface area contributed by atoms with Gasteiger partial charge in [0.2, 0.25) is 0 Å². The Hall–Kier alpha value is -4.24. The molecule has 40 heavy (non-hydrogen) atoms. The van der Waals surface area contributed by atoms with E-state index in [0.717, 1.165) is 35.3 Å². The highest BCUT2D eigenvalue weighted by atomic mass is 19.1. The van der Waals surface area contributed by atoms with Crippen molar-refractivity contribution >= 4 is 17.4 Å². The summed E-state index contributed by atoms with van der Waals surface area (Å²) in [7, 11) is 0. The maximum Gasteiger partial charge on any atom is 0.308 e. The number of piperidine rings is 1. The third kappa shape index (κ3) is 5.04. The van der Waals surface area contributed by atoms with E-state index < -0.39 is 5.97 Å². The second-order valence-electron chi connectivity index (χ2n) is 10.6. The molecule has 2 aromatic carbocycles. The van der Waals surface area contributed by atoms with E-state index in [2.05, 4.69) is 11.8 Å². The Bertz CT molecular complexity index is 1620. The topological polar surface area (TPSA) is 89.2 Å². The lowest BCUT2D eigenvalue weighted by Crippen LogP contribution is -2.45. The highest BCUT2D eigenvalue weighted by molar-refractivity contribution is 5.78. The number of anilines is 1. The molecule has 0 saturated carbocycles. The number of ether oxygens (including phenoxy) is 2. The summed E-state index contributed by atoms with van der Waals surface area (Å²) in [5.74, 6) is -0.0653. The third-order valence-corrected chi connectivity index (χ3v) is 7.77. The molecule has 0 atom stereocenters. The number of aliphatic carboxylic acids is 1. The van der Waals surface area contributed by atoms with Gasteiger partial charge in [-0.1, -0.05) is 24.3 Å². The van der Waals surface area contributed by atoms with Crippen molar-refractivity contribution in [3.05, 3.63) is 77.8 Å². The van der Waals surface area contributed by atoms with Crippen LogP contribution < -0.4 is 9.64 Å². The van der Waals surface area contributed by atoms with Crippen LogP contribution >= 0.6 is 0 Å². The zero-order chi connectivity index (χ0) is 27.9. The van der Waals surface area contributed by atoms with E-state index in [4.69, 9.17) is 19.6 Å². The van der Waals surface area contributed by atoms with Crippen molar-refractivity contribution in [2.75, 3.05) is 31.2 Å². The number of halogens is 1. The van der Waals surface area contributed by atoms with Crippen LogP contribution in [0.2, 0.25) is 0 Å². The molecule has 0 unspecified atom stereocenters. The van der Waals surface area contributed by atoms with Crippen LogP contribution in [0.3, 0.4) is 0 Å². The smallest absolute Gasteiger partial charge is 0.308 e. The van der Waals surface area contributed by atoms with Gasteiger partial charge in [0.1, 0.15) is 24.0 Å². The van der Waals surface area contributed by atoms with Gasteiger partial charge in [-0.15, -0.1) is 0 Å². The molecule has 6 bridgehead atoms. The normalized spacial score (nSPS) is 17.5. The highest BCUT2D eigenvalue weighted by Crippen LogP contribution is 2.36. The van der Waals surface area contributed by atoms with Crippen LogP contribution in [0.15, 0.2) is 60.7 Å². The number of aromatic nitrogens is 3. The Morgan fingerprint density at radius 2 is 1.85 bits per heavy atom. The minimum absolute atomic E-state index is 0.142. The molecule has 4 aromatic rings. The lowest BCUT2D eigenvalue weighted by atomic mass is 9.93. The van der Waals surface area contributed by atoms with Crippen LogP contribution in [0, 0.1) is 12.7 Å². The van der Waals surface area contributed by atoms with Crippen molar-refractivity contribution in [3.8, 4) is 28.1 Å². The Labute approximate surface area is 231 Å². The molecular weight excluding hydrogens is 511 g/mol. The van der Waals surface area contributed by atoms with Crippen LogP contribution in [0.1, 0.15) is 31.0 Å². The van der Waals surface area contributed by atoms with E-state index in [1.807, 2.05) is 49.4 Å². The molecule has 1 saturated heterocycles. The molecule has 2 aromatic heterocycles. The molecule has 5 heterocycles. The Kier molecular flexibility index (Phi) is 6.75. The van der Waals surface area contributed by atoms with Gasteiger partial charge in [0.25, 0.3) is 0 Å². The molecule has 1 fully saturated rings. The first-order valence-corrected chi connectivity index (χ1v) is 13.5. The van der Waals surface area contributed by atoms with Crippen LogP contribution in [-0.4, -0.2) is 57.6 Å². The van der Waals surface area contributed by atoms with Crippen molar-refractivity contribution in [1.29, 1.82) is 0 Å². The molecule has 3 aliphatic heterocycles. The van der Waals surface area contributed by atoms with Crippen molar-refractivity contribution in [3.63, 3.8) is 0 Å². The first kappa shape index (κ1) is 26.0. The minimum Gasteiger partial charge on any atom is -0.489 e. The van der Waals surface area contributed by atoms with Crippen molar-refractivity contribution in [1.82, 2.24) is 14.6 Å². The molecule has 7 rings (SSSR count). The van der Waals surface area contributed by atoms with Crippen LogP contribution in [0.5, 0.6) is 5.75 Å². The quantitative estimate of drug-likeness (QED) is 0.337. The number of carboxylic acids is 1. The number of carbonyl (C=O) groups is 1. The summed E-state index contributed by atoms with van der Waals surface area (Å²) < 4.78 is 28.2. The summed E-state index contributed by atoms with van der Waals surface area (Å²) in [6.45, 7) is 6.08. The fraction of sp³-hybridized carbons (Fsp3) is 0.323. The zero-order valence-electron chi connectivity index (χ0n) is 22.6. The fourth-order valence-corrected chi connectivity index (χ4v) is 5.52. The van der Waals surface area contributed by atoms with Crippen LogP contribution in [-0.2, 0) is 16.0 Å². The lowest BCUT2D eigenvalue weighted by Gasteiger charge is -2.40. The molecule has 8 nitrogen and oxygen atoms in total. The first-order valence-electron chi connectivity index (χ1n) is 13.5. The van der Waals surface area contributed by atoms with Crippen LogP contribution in [0.4, 0.5) is 10.2 Å². The molecule has 3 aliphatic rings. The highest BCUT2D eigenvalue weighted by Gasteiger charge is 2.33. The first-order chi connectivity index (χ1) is 19.3. The van der Waals surface area contributed by atoms with Crippen molar-refractivity contribution < 1.29 is 23.8 Å². The van der Waals surface area contributed by atoms with E-state index in [1.165, 1.54) is 12.1 Å². The Balaban J connectivity index is 1.52. The standard InChI is InChI=1S/C31H31FN4O4/c1-20-25(18-29(37)38)30-35-12-10-31(2,11-13-35)40-15-4-3-14-39-27-17-23(32)8-9-24(27)21-6-5-7-22(16-21)26-19-28(33-20)36(30)34-26/h3-9,16-17,19H,10-15,18H2,1-2H3,(H,37,38)/b4-3-. The predicted molar refractivity (Wildman–Crippen MR) is 150 cm³/mol. The van der Waals surface area contributed by atoms with E-state index >= 15 is 0 Å². The molecule has 206 valence electrons. The number of hydrogen-bond donors (Lipinski definition) is 1. The summed E-state index contributed by atoms with van der Waals surface area (Å²) in [6.07, 6.45) is 5.22. The predicted octanol–water partition coefficient (Wildman–Crippen LogP) is 5.46. The van der Waals surface area contributed by atoms with Gasteiger partial charge < -0.3 is 19.5 Å². The number of nitrogens with zero attached hydrogens (tertiary/aromatic N) is 4. The maximum absolute atomic E-state index is 14.2. The van der Waals surface area contributed by atoms with E-state index in [0.29, 0.717) is 48.0 Å². The van der Waals surface area contributed by atoms with Gasteiger partial charge >= 0.3 is 5.97 Å². The number of hydrogen-bond acceptors (Lipinski definition) is 6. The molecule has 9 heteroatoms. The van der Waals surface area contributed by atoms with Gasteiger partial charge in [0, 0.05) is 47.6 Å². The average Bonchev–Trinajstić information content (AvgIpc) is 3.35. The number of benzene rings is 2. The van der Waals surface area contributed by atoms with E-state index in [-0.39, 0.29) is 24.4 Å². The molecular formula is C31H31FN4O4. The van der Waals surface area contributed by atoms with Gasteiger partial charge in [-0.3, -0.25) is 4.79 Å². The number of carboxylic acid groups (broad SMARTS) is 1. The van der Waals surface area contributed by atoms with E-state index in [9.17, 15) is 14.3 Å². The van der Waals surface area contributed by atoms with Gasteiger partial charge in [0.05, 0.1) is 24.3 Å². The van der Waals surface area contributed by atoms with Gasteiger partial charge in [0.15, 0.2) is 5.65 Å². The number of aryl methyl sites for hydroxylation is 1. The SMILES string of the molecule is Cc1nc2cc3nn2c(c1CC(=O)O)N1CCC(C)(CC1)OC/C=C\COc1cc(F)ccc1-c1cccc-3c1. The molecule has 1 N–H and O–H groups in total. The van der Waals surface area contributed by atoms with Gasteiger partial charge in [-0.2, -0.15) is 9.61 Å². The summed E-state index contributed by atoms with van der Waals surface area (Å²) in [4.78, 5) is 18.8. The molecule has 0 radical (unpaired) electrons. The van der Waals surface area contributed by atoms with Crippen molar-refractivity contribution in [2.45, 2.75) is 38.7 Å². The monoisotopic (exact) mass is 542 g/mol. The van der Waals surface area contributed by atoms with Crippen molar-refractivity contribution in [2.24, 2.45) is 0 Å². The number of rotatable bonds is 2. The molecule has 0 spiro atoms. The molecule has 0 aliphatic carbocycles. The Morgan fingerprint density at radius 1 is 1.07 bits per heavy atom. The van der Waals surface area contributed by atoms with E-state index in [1.54, 1.807) is 10.6 Å². The zero-order valence-corrected chi connectivity index (χ0v) is 22.6. The Morgan fingerprint density at radius 3 is 2.65 bits per heavy atom.